The highest BCUT2D eigenvalue weighted by atomic mass is 35.5. The Morgan fingerprint density at radius 3 is 2.38 bits per heavy atom. The largest absolute Gasteiger partial charge is 0.319 e. The van der Waals surface area contributed by atoms with Crippen LogP contribution in [0.2, 0.25) is 5.02 Å². The van der Waals surface area contributed by atoms with Gasteiger partial charge in [0.25, 0.3) is 5.91 Å². The molecule has 0 radical (unpaired) electrons. The van der Waals surface area contributed by atoms with E-state index >= 15 is 0 Å². The number of rotatable bonds is 5. The van der Waals surface area contributed by atoms with Gasteiger partial charge in [0.15, 0.2) is 0 Å². The highest BCUT2D eigenvalue weighted by Crippen LogP contribution is 2.19. The van der Waals surface area contributed by atoms with Crippen molar-refractivity contribution in [3.05, 3.63) is 45.8 Å². The second-order valence-corrected chi connectivity index (χ2v) is 6.59. The molecular weight excluding hydrogens is 354 g/mol. The molecule has 0 aliphatic rings. The molecule has 3 aromatic rings. The second kappa shape index (κ2) is 6.95. The minimum atomic E-state index is -0.187. The van der Waals surface area contributed by atoms with Crippen molar-refractivity contribution in [1.29, 1.82) is 0 Å². The van der Waals surface area contributed by atoms with Crippen molar-refractivity contribution in [1.82, 2.24) is 29.3 Å². The van der Waals surface area contributed by atoms with Crippen LogP contribution in [0, 0.1) is 27.7 Å². The van der Waals surface area contributed by atoms with Gasteiger partial charge in [-0.05, 0) is 34.6 Å². The summed E-state index contributed by atoms with van der Waals surface area (Å²) in [4.78, 5) is 12.6. The summed E-state index contributed by atoms with van der Waals surface area (Å²) in [6.45, 7) is 10.6. The molecule has 3 aromatic heterocycles. The number of hydrogen-bond donors (Lipinski definition) is 1. The van der Waals surface area contributed by atoms with Gasteiger partial charge >= 0.3 is 0 Å². The highest BCUT2D eigenvalue weighted by molar-refractivity contribution is 6.31. The third kappa shape index (κ3) is 3.24. The van der Waals surface area contributed by atoms with E-state index in [0.29, 0.717) is 28.6 Å². The maximum absolute atomic E-state index is 12.6. The van der Waals surface area contributed by atoms with Crippen LogP contribution in [0.4, 0.5) is 5.69 Å². The molecule has 1 amide bonds. The van der Waals surface area contributed by atoms with E-state index < -0.39 is 0 Å². The molecule has 0 saturated heterocycles. The predicted octanol–water partition coefficient (Wildman–Crippen LogP) is 2.94. The lowest BCUT2D eigenvalue weighted by atomic mass is 10.2. The fourth-order valence-electron chi connectivity index (χ4n) is 2.98. The molecule has 0 aliphatic carbocycles. The van der Waals surface area contributed by atoms with Crippen molar-refractivity contribution in [3.8, 4) is 0 Å². The number of nitrogens with one attached hydrogen (secondary N) is 1. The van der Waals surface area contributed by atoms with Crippen LogP contribution in [-0.2, 0) is 13.2 Å². The molecular formula is C17H22ClN7O. The van der Waals surface area contributed by atoms with Crippen LogP contribution in [0.5, 0.6) is 0 Å². The summed E-state index contributed by atoms with van der Waals surface area (Å²) in [5.41, 5.74) is 4.45. The number of hydrogen-bond acceptors (Lipinski definition) is 4. The zero-order valence-electron chi connectivity index (χ0n) is 15.5. The molecule has 1 N–H and O–H groups in total. The number of nitrogens with zero attached hydrogens (tertiary/aromatic N) is 6. The molecule has 8 nitrogen and oxygen atoms in total. The average Bonchev–Trinajstić information content (AvgIpc) is 3.22. The standard InChI is InChI=1S/C17H22ClN7O/c1-6-24-12(4)15(10(2)21-24)17(26)20-14-7-19-23(8-14)9-25-13(5)16(18)11(3)22-25/h7-8H,6,9H2,1-5H3,(H,20,26). The second-order valence-electron chi connectivity index (χ2n) is 6.21. The van der Waals surface area contributed by atoms with Gasteiger partial charge < -0.3 is 5.32 Å². The number of halogens is 1. The van der Waals surface area contributed by atoms with Gasteiger partial charge in [-0.2, -0.15) is 15.3 Å². The Kier molecular flexibility index (Phi) is 4.86. The van der Waals surface area contributed by atoms with Crippen LogP contribution >= 0.6 is 11.6 Å². The summed E-state index contributed by atoms with van der Waals surface area (Å²) in [5, 5.41) is 16.6. The van der Waals surface area contributed by atoms with Crippen LogP contribution in [-0.4, -0.2) is 35.2 Å². The molecule has 0 aromatic carbocycles. The summed E-state index contributed by atoms with van der Waals surface area (Å²) in [7, 11) is 0. The van der Waals surface area contributed by atoms with Crippen molar-refractivity contribution in [2.24, 2.45) is 0 Å². The first-order valence-corrected chi connectivity index (χ1v) is 8.77. The first-order chi connectivity index (χ1) is 12.3. The van der Waals surface area contributed by atoms with E-state index in [0.717, 1.165) is 23.6 Å². The van der Waals surface area contributed by atoms with Crippen molar-refractivity contribution in [2.45, 2.75) is 47.8 Å². The maximum atomic E-state index is 12.6. The fourth-order valence-corrected chi connectivity index (χ4v) is 3.12. The van der Waals surface area contributed by atoms with Gasteiger partial charge in [0.2, 0.25) is 0 Å². The number of aryl methyl sites for hydroxylation is 3. The number of carbonyl (C=O) groups is 1. The summed E-state index contributed by atoms with van der Waals surface area (Å²) in [6, 6.07) is 0. The summed E-state index contributed by atoms with van der Waals surface area (Å²) >= 11 is 6.17. The third-order valence-corrected chi connectivity index (χ3v) is 4.92. The first kappa shape index (κ1) is 18.2. The third-order valence-electron chi connectivity index (χ3n) is 4.37. The van der Waals surface area contributed by atoms with Gasteiger partial charge in [-0.25, -0.2) is 9.36 Å². The van der Waals surface area contributed by atoms with Crippen LogP contribution in [0.25, 0.3) is 0 Å². The monoisotopic (exact) mass is 375 g/mol. The smallest absolute Gasteiger partial charge is 0.259 e. The molecule has 9 heteroatoms. The van der Waals surface area contributed by atoms with Crippen molar-refractivity contribution in [2.75, 3.05) is 5.32 Å². The van der Waals surface area contributed by atoms with Crippen molar-refractivity contribution >= 4 is 23.2 Å². The lowest BCUT2D eigenvalue weighted by molar-refractivity contribution is 0.102. The summed E-state index contributed by atoms with van der Waals surface area (Å²) < 4.78 is 5.29. The summed E-state index contributed by atoms with van der Waals surface area (Å²) in [6.07, 6.45) is 3.37. The Bertz CT molecular complexity index is 966. The molecule has 0 saturated carbocycles. The van der Waals surface area contributed by atoms with Gasteiger partial charge in [0, 0.05) is 12.2 Å². The predicted molar refractivity (Wildman–Crippen MR) is 99.7 cm³/mol. The van der Waals surface area contributed by atoms with Crippen molar-refractivity contribution in [3.63, 3.8) is 0 Å². The van der Waals surface area contributed by atoms with E-state index in [1.807, 2.05) is 39.3 Å². The quantitative estimate of drug-likeness (QED) is 0.743. The van der Waals surface area contributed by atoms with E-state index in [2.05, 4.69) is 20.6 Å². The van der Waals surface area contributed by atoms with Crippen LogP contribution < -0.4 is 5.32 Å². The van der Waals surface area contributed by atoms with Crippen molar-refractivity contribution < 1.29 is 4.79 Å². The zero-order valence-corrected chi connectivity index (χ0v) is 16.3. The average molecular weight is 376 g/mol. The topological polar surface area (TPSA) is 82.6 Å². The Hall–Kier alpha value is -2.61. The van der Waals surface area contributed by atoms with Gasteiger partial charge in [-0.1, -0.05) is 11.6 Å². The maximum Gasteiger partial charge on any atom is 0.259 e. The molecule has 0 spiro atoms. The molecule has 0 aliphatic heterocycles. The van der Waals surface area contributed by atoms with Gasteiger partial charge in [0.1, 0.15) is 6.67 Å². The van der Waals surface area contributed by atoms with E-state index in [-0.39, 0.29) is 5.91 Å². The minimum Gasteiger partial charge on any atom is -0.319 e. The Balaban J connectivity index is 1.75. The van der Waals surface area contributed by atoms with Crippen LogP contribution in [0.3, 0.4) is 0 Å². The molecule has 0 unspecified atom stereocenters. The van der Waals surface area contributed by atoms with E-state index in [1.165, 1.54) is 0 Å². The Morgan fingerprint density at radius 2 is 1.81 bits per heavy atom. The molecule has 0 fully saturated rings. The Labute approximate surface area is 156 Å². The van der Waals surface area contributed by atoms with Crippen LogP contribution in [0.1, 0.15) is 40.1 Å². The lowest BCUT2D eigenvalue weighted by Crippen LogP contribution is -2.14. The normalized spacial score (nSPS) is 11.2. The van der Waals surface area contributed by atoms with Crippen LogP contribution in [0.15, 0.2) is 12.4 Å². The number of anilines is 1. The molecule has 0 atom stereocenters. The van der Waals surface area contributed by atoms with E-state index in [4.69, 9.17) is 11.6 Å². The number of aromatic nitrogens is 6. The molecule has 138 valence electrons. The number of carbonyl (C=O) groups excluding carboxylic acids is 1. The minimum absolute atomic E-state index is 0.187. The molecule has 26 heavy (non-hydrogen) atoms. The fraction of sp³-hybridized carbons (Fsp3) is 0.412. The van der Waals surface area contributed by atoms with Gasteiger partial charge in [-0.15, -0.1) is 0 Å². The Morgan fingerprint density at radius 1 is 1.12 bits per heavy atom. The lowest BCUT2D eigenvalue weighted by Gasteiger charge is -2.05. The highest BCUT2D eigenvalue weighted by Gasteiger charge is 2.18. The van der Waals surface area contributed by atoms with E-state index in [9.17, 15) is 4.79 Å². The first-order valence-electron chi connectivity index (χ1n) is 8.39. The zero-order chi connectivity index (χ0) is 19.0. The van der Waals surface area contributed by atoms with Gasteiger partial charge in [-0.3, -0.25) is 9.48 Å². The SMILES string of the molecule is CCn1nc(C)c(C(=O)Nc2cnn(Cn3nc(C)c(Cl)c3C)c2)c1C. The van der Waals surface area contributed by atoms with Gasteiger partial charge in [0.05, 0.1) is 45.7 Å². The summed E-state index contributed by atoms with van der Waals surface area (Å²) in [5.74, 6) is -0.187. The molecule has 3 rings (SSSR count). The van der Waals surface area contributed by atoms with E-state index in [1.54, 1.807) is 21.8 Å². The number of amides is 1. The molecule has 3 heterocycles. The molecule has 0 bridgehead atoms.